The smallest absolute Gasteiger partial charge is 0.133 e. The van der Waals surface area contributed by atoms with E-state index in [-0.39, 0.29) is 5.54 Å². The first-order valence-electron chi connectivity index (χ1n) is 5.81. The molecule has 1 aliphatic carbocycles. The fourth-order valence-electron chi connectivity index (χ4n) is 2.54. The topological polar surface area (TPSA) is 20.3 Å². The van der Waals surface area contributed by atoms with Crippen LogP contribution in [-0.2, 0) is 10.3 Å². The summed E-state index contributed by atoms with van der Waals surface area (Å²) in [7, 11) is 4.26. The molecule has 1 aromatic heterocycles. The van der Waals surface area contributed by atoms with E-state index >= 15 is 0 Å². The molecule has 0 radical (unpaired) electrons. The van der Waals surface area contributed by atoms with E-state index in [4.69, 9.17) is 0 Å². The molecule has 0 atom stereocenters. The van der Waals surface area contributed by atoms with E-state index in [0.717, 1.165) is 25.7 Å². The molecule has 2 rings (SSSR count). The zero-order valence-corrected chi connectivity index (χ0v) is 11.1. The average molecular weight is 237 g/mol. The summed E-state index contributed by atoms with van der Waals surface area (Å²) in [5, 5.41) is 0. The molecule has 0 spiro atoms. The third kappa shape index (κ3) is 1.94. The molecule has 3 heteroatoms. The molecular weight excluding hydrogens is 218 g/mol. The van der Waals surface area contributed by atoms with Crippen molar-refractivity contribution in [2.45, 2.75) is 38.1 Å². The lowest BCUT2D eigenvalue weighted by atomic mass is 9.79. The zero-order chi connectivity index (χ0) is 11.8. The number of Topliss-reactive ketones (excluding diaryl/α,β-unsaturated/α-hetero) is 1. The molecule has 1 saturated carbocycles. The number of hydrogen-bond acceptors (Lipinski definition) is 3. The maximum Gasteiger partial charge on any atom is 0.133 e. The van der Waals surface area contributed by atoms with Crippen LogP contribution in [-0.4, -0.2) is 24.8 Å². The largest absolute Gasteiger partial charge is 0.300 e. The molecule has 0 aliphatic heterocycles. The molecule has 1 aliphatic rings. The summed E-state index contributed by atoms with van der Waals surface area (Å²) in [5.41, 5.74) is 0.104. The fraction of sp³-hybridized carbons (Fsp3) is 0.615. The number of carbonyl (C=O) groups excluding carboxylic acids is 1. The van der Waals surface area contributed by atoms with Gasteiger partial charge in [-0.25, -0.2) is 0 Å². The first kappa shape index (κ1) is 11.8. The van der Waals surface area contributed by atoms with Crippen molar-refractivity contribution in [1.29, 1.82) is 0 Å². The Morgan fingerprint density at radius 3 is 2.31 bits per heavy atom. The van der Waals surface area contributed by atoms with Crippen molar-refractivity contribution in [3.8, 4) is 0 Å². The summed E-state index contributed by atoms with van der Waals surface area (Å²) in [5.74, 6) is 0.422. The van der Waals surface area contributed by atoms with Crippen LogP contribution < -0.4 is 0 Å². The first-order valence-corrected chi connectivity index (χ1v) is 6.62. The number of aryl methyl sites for hydroxylation is 1. The van der Waals surface area contributed by atoms with Crippen molar-refractivity contribution in [1.82, 2.24) is 4.90 Å². The molecule has 88 valence electrons. The van der Waals surface area contributed by atoms with Gasteiger partial charge in [0.25, 0.3) is 0 Å². The van der Waals surface area contributed by atoms with E-state index in [1.54, 1.807) is 0 Å². The van der Waals surface area contributed by atoms with Crippen LogP contribution in [0.25, 0.3) is 0 Å². The third-order valence-electron chi connectivity index (χ3n) is 3.69. The van der Waals surface area contributed by atoms with Crippen molar-refractivity contribution in [2.24, 2.45) is 0 Å². The SMILES string of the molecule is Cc1ccc(C2(N(C)C)CCC(=O)CC2)s1. The van der Waals surface area contributed by atoms with E-state index in [2.05, 4.69) is 38.1 Å². The highest BCUT2D eigenvalue weighted by Crippen LogP contribution is 2.42. The Morgan fingerprint density at radius 2 is 1.88 bits per heavy atom. The summed E-state index contributed by atoms with van der Waals surface area (Å²) in [4.78, 5) is 16.5. The molecule has 2 nitrogen and oxygen atoms in total. The highest BCUT2D eigenvalue weighted by atomic mass is 32.1. The second kappa shape index (κ2) is 4.30. The van der Waals surface area contributed by atoms with Gasteiger partial charge >= 0.3 is 0 Å². The van der Waals surface area contributed by atoms with Crippen molar-refractivity contribution in [3.63, 3.8) is 0 Å². The monoisotopic (exact) mass is 237 g/mol. The summed E-state index contributed by atoms with van der Waals surface area (Å²) in [6.07, 6.45) is 3.40. The Balaban J connectivity index is 2.33. The number of carbonyl (C=O) groups is 1. The Morgan fingerprint density at radius 1 is 1.25 bits per heavy atom. The lowest BCUT2D eigenvalue weighted by Gasteiger charge is -2.42. The zero-order valence-electron chi connectivity index (χ0n) is 10.2. The van der Waals surface area contributed by atoms with Crippen LogP contribution in [0.3, 0.4) is 0 Å². The lowest BCUT2D eigenvalue weighted by molar-refractivity contribution is -0.122. The minimum Gasteiger partial charge on any atom is -0.300 e. The van der Waals surface area contributed by atoms with Crippen LogP contribution in [0.5, 0.6) is 0 Å². The van der Waals surface area contributed by atoms with Crippen LogP contribution in [0.15, 0.2) is 12.1 Å². The van der Waals surface area contributed by atoms with Crippen LogP contribution >= 0.6 is 11.3 Å². The molecule has 0 amide bonds. The van der Waals surface area contributed by atoms with Gasteiger partial charge in [-0.05, 0) is 46.0 Å². The Labute approximate surface area is 101 Å². The maximum atomic E-state index is 11.4. The molecular formula is C13H19NOS. The Hall–Kier alpha value is -0.670. The van der Waals surface area contributed by atoms with Crippen LogP contribution in [0.2, 0.25) is 0 Å². The van der Waals surface area contributed by atoms with Crippen molar-refractivity contribution in [2.75, 3.05) is 14.1 Å². The average Bonchev–Trinajstić information content (AvgIpc) is 2.66. The van der Waals surface area contributed by atoms with Gasteiger partial charge < -0.3 is 0 Å². The minimum atomic E-state index is 0.104. The first-order chi connectivity index (χ1) is 7.54. The van der Waals surface area contributed by atoms with Crippen LogP contribution in [0.1, 0.15) is 35.4 Å². The quantitative estimate of drug-likeness (QED) is 0.788. The van der Waals surface area contributed by atoms with Gasteiger partial charge in [0.15, 0.2) is 0 Å². The molecule has 16 heavy (non-hydrogen) atoms. The predicted octanol–water partition coefficient (Wildman–Crippen LogP) is 2.96. The van der Waals surface area contributed by atoms with Gasteiger partial charge in [-0.2, -0.15) is 0 Å². The highest BCUT2D eigenvalue weighted by molar-refractivity contribution is 7.12. The summed E-state index contributed by atoms with van der Waals surface area (Å²) in [6.45, 7) is 2.14. The number of hydrogen-bond donors (Lipinski definition) is 0. The normalized spacial score (nSPS) is 20.4. The Kier molecular flexibility index (Phi) is 3.17. The van der Waals surface area contributed by atoms with E-state index in [9.17, 15) is 4.79 Å². The second-order valence-corrected chi connectivity index (χ2v) is 6.16. The van der Waals surface area contributed by atoms with Crippen molar-refractivity contribution in [3.05, 3.63) is 21.9 Å². The standard InChI is InChI=1S/C13H19NOS/c1-10-4-5-12(16-10)13(14(2)3)8-6-11(15)7-9-13/h4-5H,6-9H2,1-3H3. The molecule has 1 heterocycles. The van der Waals surface area contributed by atoms with Gasteiger partial charge in [-0.15, -0.1) is 11.3 Å². The summed E-state index contributed by atoms with van der Waals surface area (Å²) in [6, 6.07) is 4.41. The molecule has 1 fully saturated rings. The molecule has 0 aromatic carbocycles. The number of thiophene rings is 1. The highest BCUT2D eigenvalue weighted by Gasteiger charge is 2.39. The number of nitrogens with zero attached hydrogens (tertiary/aromatic N) is 1. The van der Waals surface area contributed by atoms with E-state index in [1.165, 1.54) is 9.75 Å². The van der Waals surface area contributed by atoms with Gasteiger partial charge in [-0.3, -0.25) is 9.69 Å². The fourth-order valence-corrected chi connectivity index (χ4v) is 3.74. The van der Waals surface area contributed by atoms with Crippen LogP contribution in [0, 0.1) is 6.92 Å². The van der Waals surface area contributed by atoms with Crippen molar-refractivity contribution < 1.29 is 4.79 Å². The molecule has 0 saturated heterocycles. The third-order valence-corrected chi connectivity index (χ3v) is 4.88. The maximum absolute atomic E-state index is 11.4. The van der Waals surface area contributed by atoms with Crippen LogP contribution in [0.4, 0.5) is 0 Å². The minimum absolute atomic E-state index is 0.104. The molecule has 0 unspecified atom stereocenters. The van der Waals surface area contributed by atoms with E-state index in [0.29, 0.717) is 5.78 Å². The lowest BCUT2D eigenvalue weighted by Crippen LogP contribution is -2.43. The molecule has 0 N–H and O–H groups in total. The molecule has 0 bridgehead atoms. The van der Waals surface area contributed by atoms with E-state index in [1.807, 2.05) is 11.3 Å². The summed E-state index contributed by atoms with van der Waals surface area (Å²) >= 11 is 1.87. The van der Waals surface area contributed by atoms with Gasteiger partial charge in [0, 0.05) is 22.6 Å². The van der Waals surface area contributed by atoms with Gasteiger partial charge in [-0.1, -0.05) is 0 Å². The van der Waals surface area contributed by atoms with Gasteiger partial charge in [0.05, 0.1) is 5.54 Å². The Bertz CT molecular complexity index is 384. The van der Waals surface area contributed by atoms with Gasteiger partial charge in [0.1, 0.15) is 5.78 Å². The number of ketones is 1. The molecule has 1 aromatic rings. The van der Waals surface area contributed by atoms with E-state index < -0.39 is 0 Å². The summed E-state index contributed by atoms with van der Waals surface area (Å²) < 4.78 is 0. The van der Waals surface area contributed by atoms with Crippen molar-refractivity contribution >= 4 is 17.1 Å². The number of rotatable bonds is 2. The predicted molar refractivity (Wildman–Crippen MR) is 67.9 cm³/mol. The second-order valence-electron chi connectivity index (χ2n) is 4.87. The van der Waals surface area contributed by atoms with Gasteiger partial charge in [0.2, 0.25) is 0 Å².